The molecule has 0 spiro atoms. The molecule has 0 amide bonds. The Bertz CT molecular complexity index is 530. The topological polar surface area (TPSA) is 34.9 Å². The third kappa shape index (κ3) is 2.47. The highest BCUT2D eigenvalue weighted by molar-refractivity contribution is 7.99. The molecule has 1 heterocycles. The summed E-state index contributed by atoms with van der Waals surface area (Å²) in [6, 6.07) is 0.421. The highest BCUT2D eigenvalue weighted by atomic mass is 32.2. The Morgan fingerprint density at radius 2 is 1.95 bits per heavy atom. The fraction of sp³-hybridized carbons (Fsp3) is 0.733. The Morgan fingerprint density at radius 1 is 1.21 bits per heavy atom. The molecular formula is C15H22N2OS. The summed E-state index contributed by atoms with van der Waals surface area (Å²) in [5.41, 5.74) is 2.66. The first-order chi connectivity index (χ1) is 9.16. The van der Waals surface area contributed by atoms with E-state index in [0.717, 1.165) is 30.7 Å². The minimum absolute atomic E-state index is 0.00398. The lowest BCUT2D eigenvalue weighted by molar-refractivity contribution is 0.471. The Balaban J connectivity index is 2.07. The van der Waals surface area contributed by atoms with E-state index < -0.39 is 0 Å². The van der Waals surface area contributed by atoms with Gasteiger partial charge < -0.3 is 0 Å². The van der Waals surface area contributed by atoms with Crippen molar-refractivity contribution in [2.75, 3.05) is 0 Å². The predicted octanol–water partition coefficient (Wildman–Crippen LogP) is 3.35. The highest BCUT2D eigenvalue weighted by Gasteiger charge is 2.27. The van der Waals surface area contributed by atoms with Crippen LogP contribution in [0.1, 0.15) is 63.3 Å². The molecule has 19 heavy (non-hydrogen) atoms. The van der Waals surface area contributed by atoms with Crippen molar-refractivity contribution in [3.63, 3.8) is 0 Å². The SMILES string of the molecule is CC(C)Sc1nc(=O)n(C2CCCC2)c2c1CCC2. The van der Waals surface area contributed by atoms with E-state index >= 15 is 0 Å². The van der Waals surface area contributed by atoms with Crippen molar-refractivity contribution in [3.05, 3.63) is 21.7 Å². The quantitative estimate of drug-likeness (QED) is 0.628. The minimum Gasteiger partial charge on any atom is -0.293 e. The van der Waals surface area contributed by atoms with Gasteiger partial charge in [-0.05, 0) is 32.1 Å². The van der Waals surface area contributed by atoms with Crippen molar-refractivity contribution in [1.82, 2.24) is 9.55 Å². The number of nitrogens with zero attached hydrogens (tertiary/aromatic N) is 2. The lowest BCUT2D eigenvalue weighted by atomic mass is 10.2. The number of hydrogen-bond acceptors (Lipinski definition) is 3. The molecule has 2 aliphatic carbocycles. The number of rotatable bonds is 3. The molecule has 0 aliphatic heterocycles. The minimum atomic E-state index is -0.00398. The van der Waals surface area contributed by atoms with Gasteiger partial charge in [-0.15, -0.1) is 11.8 Å². The summed E-state index contributed by atoms with van der Waals surface area (Å²) in [6.45, 7) is 4.33. The van der Waals surface area contributed by atoms with Gasteiger partial charge in [-0.1, -0.05) is 26.7 Å². The zero-order chi connectivity index (χ0) is 13.4. The van der Waals surface area contributed by atoms with Crippen molar-refractivity contribution < 1.29 is 0 Å². The van der Waals surface area contributed by atoms with Crippen LogP contribution in [0.25, 0.3) is 0 Å². The molecule has 3 nitrogen and oxygen atoms in total. The fourth-order valence-corrected chi connectivity index (χ4v) is 4.35. The first-order valence-corrected chi connectivity index (χ1v) is 8.35. The number of thioether (sulfide) groups is 1. The van der Waals surface area contributed by atoms with E-state index in [0.29, 0.717) is 11.3 Å². The first-order valence-electron chi connectivity index (χ1n) is 7.47. The van der Waals surface area contributed by atoms with Crippen LogP contribution in [0.5, 0.6) is 0 Å². The molecule has 1 aromatic heterocycles. The smallest absolute Gasteiger partial charge is 0.293 e. The van der Waals surface area contributed by atoms with Gasteiger partial charge in [0.25, 0.3) is 0 Å². The monoisotopic (exact) mass is 278 g/mol. The molecule has 0 bridgehead atoms. The van der Waals surface area contributed by atoms with Crippen molar-refractivity contribution in [1.29, 1.82) is 0 Å². The average molecular weight is 278 g/mol. The molecule has 1 aromatic rings. The molecule has 0 unspecified atom stereocenters. The molecule has 1 fully saturated rings. The third-order valence-corrected chi connectivity index (χ3v) is 5.21. The molecular weight excluding hydrogens is 256 g/mol. The first kappa shape index (κ1) is 13.2. The number of fused-ring (bicyclic) bond motifs is 1. The van der Waals surface area contributed by atoms with E-state index in [1.165, 1.54) is 30.5 Å². The normalized spacial score (nSPS) is 19.3. The van der Waals surface area contributed by atoms with Gasteiger partial charge in [-0.3, -0.25) is 4.57 Å². The van der Waals surface area contributed by atoms with Crippen LogP contribution in [-0.2, 0) is 12.8 Å². The second-order valence-corrected chi connectivity index (χ2v) is 7.52. The number of hydrogen-bond donors (Lipinski definition) is 0. The Hall–Kier alpha value is -0.770. The van der Waals surface area contributed by atoms with E-state index in [4.69, 9.17) is 0 Å². The maximum Gasteiger partial charge on any atom is 0.349 e. The lowest BCUT2D eigenvalue weighted by Gasteiger charge is -2.19. The molecule has 3 rings (SSSR count). The molecule has 1 saturated carbocycles. The van der Waals surface area contributed by atoms with E-state index in [-0.39, 0.29) is 5.69 Å². The van der Waals surface area contributed by atoms with E-state index in [2.05, 4.69) is 18.8 Å². The molecule has 2 aliphatic rings. The van der Waals surface area contributed by atoms with Crippen molar-refractivity contribution in [2.24, 2.45) is 0 Å². The van der Waals surface area contributed by atoms with Gasteiger partial charge in [0.05, 0.1) is 0 Å². The summed E-state index contributed by atoms with van der Waals surface area (Å²) in [6.07, 6.45) is 8.18. The molecule has 4 heteroatoms. The molecule has 104 valence electrons. The maximum absolute atomic E-state index is 12.4. The van der Waals surface area contributed by atoms with Gasteiger partial charge in [0.15, 0.2) is 0 Å². The molecule has 0 N–H and O–H groups in total. The van der Waals surface area contributed by atoms with Crippen LogP contribution in [0.15, 0.2) is 9.82 Å². The summed E-state index contributed by atoms with van der Waals surface area (Å²) >= 11 is 1.74. The van der Waals surface area contributed by atoms with Crippen LogP contribution >= 0.6 is 11.8 Å². The summed E-state index contributed by atoms with van der Waals surface area (Å²) in [7, 11) is 0. The van der Waals surface area contributed by atoms with Gasteiger partial charge in [0.1, 0.15) is 5.03 Å². The second kappa shape index (κ2) is 5.31. The zero-order valence-electron chi connectivity index (χ0n) is 11.8. The van der Waals surface area contributed by atoms with E-state index in [1.807, 2.05) is 4.57 Å². The standard InChI is InChI=1S/C15H22N2OS/c1-10(2)19-14-12-8-5-9-13(12)17(15(18)16-14)11-6-3-4-7-11/h10-11H,3-9H2,1-2H3. The second-order valence-electron chi connectivity index (χ2n) is 5.95. The van der Waals surface area contributed by atoms with Gasteiger partial charge in [-0.2, -0.15) is 4.98 Å². The van der Waals surface area contributed by atoms with Crippen LogP contribution in [0.3, 0.4) is 0 Å². The lowest BCUT2D eigenvalue weighted by Crippen LogP contribution is -2.30. The largest absolute Gasteiger partial charge is 0.349 e. The van der Waals surface area contributed by atoms with Gasteiger partial charge in [0.2, 0.25) is 0 Å². The molecule has 0 radical (unpaired) electrons. The predicted molar refractivity (Wildman–Crippen MR) is 79.0 cm³/mol. The zero-order valence-corrected chi connectivity index (χ0v) is 12.6. The summed E-state index contributed by atoms with van der Waals surface area (Å²) < 4.78 is 2.04. The summed E-state index contributed by atoms with van der Waals surface area (Å²) in [5, 5.41) is 1.49. The maximum atomic E-state index is 12.4. The molecule has 0 saturated heterocycles. The van der Waals surface area contributed by atoms with Gasteiger partial charge in [-0.25, -0.2) is 4.79 Å². The van der Waals surface area contributed by atoms with Gasteiger partial charge in [0, 0.05) is 22.5 Å². The van der Waals surface area contributed by atoms with Crippen LogP contribution in [0, 0.1) is 0 Å². The highest BCUT2D eigenvalue weighted by Crippen LogP contribution is 2.35. The van der Waals surface area contributed by atoms with Crippen molar-refractivity contribution >= 4 is 11.8 Å². The Kier molecular flexibility index (Phi) is 3.70. The fourth-order valence-electron chi connectivity index (χ4n) is 3.41. The number of aromatic nitrogens is 2. The van der Waals surface area contributed by atoms with Crippen LogP contribution < -0.4 is 5.69 Å². The Labute approximate surface area is 118 Å². The van der Waals surface area contributed by atoms with Crippen molar-refractivity contribution in [3.8, 4) is 0 Å². The third-order valence-electron chi connectivity index (χ3n) is 4.18. The van der Waals surface area contributed by atoms with Crippen LogP contribution in [0.4, 0.5) is 0 Å². The summed E-state index contributed by atoms with van der Waals surface area (Å²) in [4.78, 5) is 16.8. The Morgan fingerprint density at radius 3 is 2.63 bits per heavy atom. The van der Waals surface area contributed by atoms with Crippen LogP contribution in [-0.4, -0.2) is 14.8 Å². The van der Waals surface area contributed by atoms with Gasteiger partial charge >= 0.3 is 5.69 Å². The van der Waals surface area contributed by atoms with E-state index in [1.54, 1.807) is 11.8 Å². The molecule has 0 atom stereocenters. The molecule has 0 aromatic carbocycles. The average Bonchev–Trinajstić information content (AvgIpc) is 2.98. The van der Waals surface area contributed by atoms with Crippen LogP contribution in [0.2, 0.25) is 0 Å². The van der Waals surface area contributed by atoms with Crippen molar-refractivity contribution in [2.45, 2.75) is 75.1 Å². The summed E-state index contributed by atoms with van der Waals surface area (Å²) in [5.74, 6) is 0. The van der Waals surface area contributed by atoms with E-state index in [9.17, 15) is 4.79 Å².